The molecule has 0 amide bonds. The maximum Gasteiger partial charge on any atom is 0.129 e. The van der Waals surface area contributed by atoms with Crippen molar-refractivity contribution in [3.8, 4) is 5.75 Å². The Morgan fingerprint density at radius 3 is 2.55 bits per heavy atom. The first kappa shape index (κ1) is 14.9. The zero-order valence-corrected chi connectivity index (χ0v) is 13.4. The fourth-order valence-electron chi connectivity index (χ4n) is 1.75. The Bertz CT molecular complexity index is 614. The van der Waals surface area contributed by atoms with Gasteiger partial charge >= 0.3 is 0 Å². The summed E-state index contributed by atoms with van der Waals surface area (Å²) in [5.41, 5.74) is 7.33. The van der Waals surface area contributed by atoms with Gasteiger partial charge in [-0.3, -0.25) is 5.41 Å². The van der Waals surface area contributed by atoms with Crippen LogP contribution in [0.25, 0.3) is 0 Å². The second kappa shape index (κ2) is 6.81. The lowest BCUT2D eigenvalue weighted by molar-refractivity contribution is 0.413. The average molecular weight is 351 g/mol. The van der Waals surface area contributed by atoms with Crippen LogP contribution in [0, 0.1) is 5.41 Å². The minimum absolute atomic E-state index is 0.0253. The highest BCUT2D eigenvalue weighted by Gasteiger charge is 2.07. The number of nitrogens with one attached hydrogen (secondary N) is 1. The molecule has 0 aliphatic heterocycles. The largest absolute Gasteiger partial charge is 0.496 e. The summed E-state index contributed by atoms with van der Waals surface area (Å²) >= 11 is 5.17. The van der Waals surface area contributed by atoms with Crippen LogP contribution < -0.4 is 10.5 Å². The van der Waals surface area contributed by atoms with Gasteiger partial charge in [0.1, 0.15) is 11.6 Å². The van der Waals surface area contributed by atoms with Crippen molar-refractivity contribution in [2.45, 2.75) is 10.6 Å². The summed E-state index contributed by atoms with van der Waals surface area (Å²) in [6.45, 7) is 0. The van der Waals surface area contributed by atoms with Crippen LogP contribution in [-0.2, 0) is 5.75 Å². The van der Waals surface area contributed by atoms with Crippen LogP contribution in [-0.4, -0.2) is 12.9 Å². The number of benzene rings is 2. The standard InChI is InChI=1S/C15H15BrN2OS/c1-19-14-7-2-10(8-13(14)15(17)18)9-20-12-5-3-11(16)4-6-12/h2-8H,9H2,1H3,(H3,17,18). The Morgan fingerprint density at radius 2 is 1.95 bits per heavy atom. The van der Waals surface area contributed by atoms with E-state index in [-0.39, 0.29) is 5.84 Å². The van der Waals surface area contributed by atoms with Gasteiger partial charge in [-0.2, -0.15) is 0 Å². The molecule has 2 aromatic carbocycles. The first-order chi connectivity index (χ1) is 9.60. The number of hydrogen-bond donors (Lipinski definition) is 2. The normalized spacial score (nSPS) is 10.3. The minimum Gasteiger partial charge on any atom is -0.496 e. The molecule has 0 fully saturated rings. The van der Waals surface area contributed by atoms with Crippen molar-refractivity contribution in [1.29, 1.82) is 5.41 Å². The van der Waals surface area contributed by atoms with Crippen molar-refractivity contribution < 1.29 is 4.74 Å². The van der Waals surface area contributed by atoms with Crippen LogP contribution in [0.4, 0.5) is 0 Å². The molecule has 0 saturated heterocycles. The van der Waals surface area contributed by atoms with E-state index in [0.29, 0.717) is 11.3 Å². The van der Waals surface area contributed by atoms with Gasteiger partial charge in [-0.1, -0.05) is 22.0 Å². The first-order valence-electron chi connectivity index (χ1n) is 6.00. The SMILES string of the molecule is COc1ccc(CSc2ccc(Br)cc2)cc1C(=N)N. The van der Waals surface area contributed by atoms with E-state index >= 15 is 0 Å². The van der Waals surface area contributed by atoms with Crippen molar-refractivity contribution in [1.82, 2.24) is 0 Å². The number of hydrogen-bond acceptors (Lipinski definition) is 3. The van der Waals surface area contributed by atoms with E-state index in [1.807, 2.05) is 30.3 Å². The summed E-state index contributed by atoms with van der Waals surface area (Å²) in [5.74, 6) is 1.48. The van der Waals surface area contributed by atoms with Crippen LogP contribution in [0.15, 0.2) is 51.8 Å². The smallest absolute Gasteiger partial charge is 0.129 e. The van der Waals surface area contributed by atoms with E-state index in [1.54, 1.807) is 18.9 Å². The summed E-state index contributed by atoms with van der Waals surface area (Å²) in [6, 6.07) is 14.0. The fraction of sp³-hybridized carbons (Fsp3) is 0.133. The maximum absolute atomic E-state index is 7.58. The molecule has 0 bridgehead atoms. The molecule has 0 aliphatic rings. The molecule has 104 valence electrons. The van der Waals surface area contributed by atoms with Gasteiger partial charge in [-0.15, -0.1) is 11.8 Å². The number of ether oxygens (including phenoxy) is 1. The van der Waals surface area contributed by atoms with E-state index in [2.05, 4.69) is 28.1 Å². The van der Waals surface area contributed by atoms with Crippen LogP contribution in [0.5, 0.6) is 5.75 Å². The summed E-state index contributed by atoms with van der Waals surface area (Å²) in [4.78, 5) is 1.20. The van der Waals surface area contributed by atoms with Gasteiger partial charge in [-0.05, 0) is 42.0 Å². The highest BCUT2D eigenvalue weighted by Crippen LogP contribution is 2.27. The number of nitrogens with two attached hydrogens (primary N) is 1. The highest BCUT2D eigenvalue weighted by atomic mass is 79.9. The van der Waals surface area contributed by atoms with Crippen LogP contribution >= 0.6 is 27.7 Å². The van der Waals surface area contributed by atoms with Gasteiger partial charge in [0.25, 0.3) is 0 Å². The van der Waals surface area contributed by atoms with Crippen molar-refractivity contribution in [3.63, 3.8) is 0 Å². The number of amidine groups is 1. The molecule has 3 N–H and O–H groups in total. The summed E-state index contributed by atoms with van der Waals surface area (Å²) in [6.07, 6.45) is 0. The van der Waals surface area contributed by atoms with E-state index in [9.17, 15) is 0 Å². The van der Waals surface area contributed by atoms with Crippen LogP contribution in [0.2, 0.25) is 0 Å². The van der Waals surface area contributed by atoms with Crippen molar-refractivity contribution in [2.75, 3.05) is 7.11 Å². The lowest BCUT2D eigenvalue weighted by atomic mass is 10.1. The molecule has 0 radical (unpaired) electrons. The average Bonchev–Trinajstić information content (AvgIpc) is 2.46. The molecule has 0 heterocycles. The zero-order valence-electron chi connectivity index (χ0n) is 11.0. The Kier molecular flexibility index (Phi) is 5.09. The van der Waals surface area contributed by atoms with E-state index in [1.165, 1.54) is 4.90 Å². The molecule has 0 aliphatic carbocycles. The molecule has 3 nitrogen and oxygen atoms in total. The number of nitrogen functional groups attached to an aromatic ring is 1. The third-order valence-electron chi connectivity index (χ3n) is 2.77. The van der Waals surface area contributed by atoms with Gasteiger partial charge in [-0.25, -0.2) is 0 Å². The van der Waals surface area contributed by atoms with Crippen LogP contribution in [0.1, 0.15) is 11.1 Å². The van der Waals surface area contributed by atoms with Gasteiger partial charge < -0.3 is 10.5 Å². The number of methoxy groups -OCH3 is 1. The quantitative estimate of drug-likeness (QED) is 0.486. The summed E-state index contributed by atoms with van der Waals surface area (Å²) < 4.78 is 6.28. The third kappa shape index (κ3) is 3.77. The monoisotopic (exact) mass is 350 g/mol. The summed E-state index contributed by atoms with van der Waals surface area (Å²) in [5, 5.41) is 7.58. The molecule has 5 heteroatoms. The van der Waals surface area contributed by atoms with Gasteiger partial charge in [0.15, 0.2) is 0 Å². The minimum atomic E-state index is 0.0253. The lowest BCUT2D eigenvalue weighted by Gasteiger charge is -2.09. The summed E-state index contributed by atoms with van der Waals surface area (Å²) in [7, 11) is 1.58. The molecule has 20 heavy (non-hydrogen) atoms. The Balaban J connectivity index is 2.11. The van der Waals surface area contributed by atoms with E-state index in [0.717, 1.165) is 15.8 Å². The predicted molar refractivity (Wildman–Crippen MR) is 87.7 cm³/mol. The Hall–Kier alpha value is -1.46. The van der Waals surface area contributed by atoms with E-state index in [4.69, 9.17) is 15.9 Å². The van der Waals surface area contributed by atoms with Crippen LogP contribution in [0.3, 0.4) is 0 Å². The van der Waals surface area contributed by atoms with E-state index < -0.39 is 0 Å². The van der Waals surface area contributed by atoms with Crippen molar-refractivity contribution >= 4 is 33.5 Å². The Morgan fingerprint density at radius 1 is 1.25 bits per heavy atom. The van der Waals surface area contributed by atoms with Crippen molar-refractivity contribution in [2.24, 2.45) is 5.73 Å². The number of rotatable bonds is 5. The predicted octanol–water partition coefficient (Wildman–Crippen LogP) is 4.03. The molecule has 2 aromatic rings. The molecule has 0 aromatic heterocycles. The molecular weight excluding hydrogens is 336 g/mol. The Labute approximate surface area is 131 Å². The topological polar surface area (TPSA) is 59.1 Å². The van der Waals surface area contributed by atoms with Gasteiger partial charge in [0.2, 0.25) is 0 Å². The van der Waals surface area contributed by atoms with Crippen molar-refractivity contribution in [3.05, 3.63) is 58.1 Å². The molecular formula is C15H15BrN2OS. The highest BCUT2D eigenvalue weighted by molar-refractivity contribution is 9.10. The third-order valence-corrected chi connectivity index (χ3v) is 4.39. The van der Waals surface area contributed by atoms with Gasteiger partial charge in [0, 0.05) is 15.1 Å². The molecule has 0 atom stereocenters. The molecule has 0 spiro atoms. The van der Waals surface area contributed by atoms with Gasteiger partial charge in [0.05, 0.1) is 12.7 Å². The second-order valence-corrected chi connectivity index (χ2v) is 6.16. The molecule has 0 saturated carbocycles. The first-order valence-corrected chi connectivity index (χ1v) is 7.77. The number of halogens is 1. The number of thioether (sulfide) groups is 1. The fourth-order valence-corrected chi connectivity index (χ4v) is 2.86. The molecule has 2 rings (SSSR count). The maximum atomic E-state index is 7.58. The zero-order chi connectivity index (χ0) is 14.5. The second-order valence-electron chi connectivity index (χ2n) is 4.19. The lowest BCUT2D eigenvalue weighted by Crippen LogP contribution is -2.12. The molecule has 0 unspecified atom stereocenters.